The number of aliphatic hydroxyl groups excluding tert-OH is 1. The number of aryl methyl sites for hydroxylation is 1. The summed E-state index contributed by atoms with van der Waals surface area (Å²) < 4.78 is 0. The van der Waals surface area contributed by atoms with E-state index < -0.39 is 0 Å². The van der Waals surface area contributed by atoms with E-state index in [2.05, 4.69) is 15.3 Å². The second kappa shape index (κ2) is 5.65. The number of anilines is 1. The van der Waals surface area contributed by atoms with E-state index in [1.807, 2.05) is 20.8 Å². The summed E-state index contributed by atoms with van der Waals surface area (Å²) in [6, 6.07) is 1.32. The van der Waals surface area contributed by atoms with Gasteiger partial charge in [-0.3, -0.25) is 4.79 Å². The first-order valence-corrected chi connectivity index (χ1v) is 5.54. The predicted molar refractivity (Wildman–Crippen MR) is 63.6 cm³/mol. The van der Waals surface area contributed by atoms with Crippen molar-refractivity contribution in [2.45, 2.75) is 33.2 Å². The van der Waals surface area contributed by atoms with Crippen molar-refractivity contribution in [3.8, 4) is 0 Å². The van der Waals surface area contributed by atoms with E-state index in [-0.39, 0.29) is 24.1 Å². The minimum Gasteiger partial charge on any atom is -0.394 e. The summed E-state index contributed by atoms with van der Waals surface area (Å²) in [7, 11) is 0. The Hall–Kier alpha value is -1.36. The molecule has 90 valence electrons. The van der Waals surface area contributed by atoms with Crippen LogP contribution in [0.5, 0.6) is 0 Å². The zero-order valence-corrected chi connectivity index (χ0v) is 9.95. The molecule has 1 aromatic heterocycles. The Bertz CT molecular complexity index is 387. The lowest BCUT2D eigenvalue weighted by molar-refractivity contribution is 0.249. The molecule has 5 heteroatoms. The number of hydrogen-bond donors (Lipinski definition) is 3. The van der Waals surface area contributed by atoms with E-state index in [9.17, 15) is 9.90 Å². The van der Waals surface area contributed by atoms with Crippen LogP contribution in [0.2, 0.25) is 0 Å². The van der Waals surface area contributed by atoms with Crippen molar-refractivity contribution in [3.63, 3.8) is 0 Å². The van der Waals surface area contributed by atoms with Gasteiger partial charge in [0.1, 0.15) is 11.6 Å². The van der Waals surface area contributed by atoms with Crippen molar-refractivity contribution in [2.75, 3.05) is 11.9 Å². The number of nitrogens with one attached hydrogen (secondary N) is 2. The molecular weight excluding hydrogens is 206 g/mol. The monoisotopic (exact) mass is 225 g/mol. The van der Waals surface area contributed by atoms with Crippen molar-refractivity contribution >= 4 is 5.82 Å². The van der Waals surface area contributed by atoms with Gasteiger partial charge in [-0.15, -0.1) is 0 Å². The number of hydrogen-bond acceptors (Lipinski definition) is 4. The van der Waals surface area contributed by atoms with Gasteiger partial charge < -0.3 is 15.4 Å². The Morgan fingerprint density at radius 3 is 2.75 bits per heavy atom. The standard InChI is InChI=1S/C11H19N3O2/c1-4-9-13-10(5-11(16)14-9)12-8(6-15)7(2)3/h5,7-8,15H,4,6H2,1-3H3,(H2,12,13,14,16)/t8-/m1/s1. The first-order chi connectivity index (χ1) is 7.56. The molecule has 1 heterocycles. The van der Waals surface area contributed by atoms with Crippen LogP contribution in [0.3, 0.4) is 0 Å². The normalized spacial score (nSPS) is 12.8. The van der Waals surface area contributed by atoms with Gasteiger partial charge in [0.05, 0.1) is 12.6 Å². The molecule has 0 unspecified atom stereocenters. The molecule has 0 bridgehead atoms. The van der Waals surface area contributed by atoms with Crippen LogP contribution >= 0.6 is 0 Å². The summed E-state index contributed by atoms with van der Waals surface area (Å²) >= 11 is 0. The number of aromatic amines is 1. The van der Waals surface area contributed by atoms with Gasteiger partial charge in [-0.25, -0.2) is 4.98 Å². The SMILES string of the molecule is CCc1nc(N[C@H](CO)C(C)C)cc(=O)[nH]1. The van der Waals surface area contributed by atoms with Crippen LogP contribution in [0.25, 0.3) is 0 Å². The van der Waals surface area contributed by atoms with Gasteiger partial charge in [0.15, 0.2) is 0 Å². The molecule has 0 aliphatic carbocycles. The van der Waals surface area contributed by atoms with Gasteiger partial charge >= 0.3 is 0 Å². The Kier molecular flexibility index (Phi) is 4.49. The molecule has 0 spiro atoms. The van der Waals surface area contributed by atoms with E-state index in [0.29, 0.717) is 18.1 Å². The van der Waals surface area contributed by atoms with E-state index in [4.69, 9.17) is 0 Å². The minimum absolute atomic E-state index is 0.0214. The Labute approximate surface area is 94.9 Å². The van der Waals surface area contributed by atoms with Crippen LogP contribution in [0.4, 0.5) is 5.82 Å². The van der Waals surface area contributed by atoms with Gasteiger partial charge in [-0.05, 0) is 5.92 Å². The number of nitrogens with zero attached hydrogens (tertiary/aromatic N) is 1. The highest BCUT2D eigenvalue weighted by Crippen LogP contribution is 2.08. The van der Waals surface area contributed by atoms with Crippen molar-refractivity contribution in [1.82, 2.24) is 9.97 Å². The molecule has 0 aliphatic heterocycles. The first kappa shape index (κ1) is 12.7. The number of H-pyrrole nitrogens is 1. The molecular formula is C11H19N3O2. The number of aromatic nitrogens is 2. The fraction of sp³-hybridized carbons (Fsp3) is 0.636. The molecule has 0 fully saturated rings. The van der Waals surface area contributed by atoms with Gasteiger partial charge in [0.2, 0.25) is 0 Å². The van der Waals surface area contributed by atoms with E-state index >= 15 is 0 Å². The summed E-state index contributed by atoms with van der Waals surface area (Å²) in [5.41, 5.74) is -0.171. The Balaban J connectivity index is 2.87. The first-order valence-electron chi connectivity index (χ1n) is 5.54. The molecule has 0 radical (unpaired) electrons. The van der Waals surface area contributed by atoms with Gasteiger partial charge in [-0.2, -0.15) is 0 Å². The molecule has 1 rings (SSSR count). The molecule has 0 aromatic carbocycles. The van der Waals surface area contributed by atoms with Crippen LogP contribution in [0.1, 0.15) is 26.6 Å². The smallest absolute Gasteiger partial charge is 0.252 e. The third-order valence-corrected chi connectivity index (χ3v) is 2.46. The minimum atomic E-state index is -0.171. The molecule has 3 N–H and O–H groups in total. The highest BCUT2D eigenvalue weighted by Gasteiger charge is 2.12. The average molecular weight is 225 g/mol. The van der Waals surface area contributed by atoms with Crippen LogP contribution < -0.4 is 10.9 Å². The lowest BCUT2D eigenvalue weighted by atomic mass is 10.1. The molecule has 1 atom stereocenters. The summed E-state index contributed by atoms with van der Waals surface area (Å²) in [5.74, 6) is 1.44. The predicted octanol–water partition coefficient (Wildman–Crippen LogP) is 0.761. The molecule has 0 aliphatic rings. The van der Waals surface area contributed by atoms with Crippen molar-refractivity contribution in [1.29, 1.82) is 0 Å². The van der Waals surface area contributed by atoms with Crippen LogP contribution in [0, 0.1) is 5.92 Å². The van der Waals surface area contributed by atoms with Gasteiger partial charge in [0, 0.05) is 12.5 Å². The van der Waals surface area contributed by atoms with E-state index in [1.54, 1.807) is 0 Å². The Morgan fingerprint density at radius 1 is 1.56 bits per heavy atom. The third kappa shape index (κ3) is 3.34. The maximum atomic E-state index is 11.3. The Morgan fingerprint density at radius 2 is 2.25 bits per heavy atom. The zero-order chi connectivity index (χ0) is 12.1. The maximum absolute atomic E-state index is 11.3. The zero-order valence-electron chi connectivity index (χ0n) is 9.95. The largest absolute Gasteiger partial charge is 0.394 e. The van der Waals surface area contributed by atoms with Crippen molar-refractivity contribution in [3.05, 3.63) is 22.2 Å². The molecule has 0 saturated carbocycles. The third-order valence-electron chi connectivity index (χ3n) is 2.46. The number of aliphatic hydroxyl groups is 1. The van der Waals surface area contributed by atoms with E-state index in [0.717, 1.165) is 0 Å². The lowest BCUT2D eigenvalue weighted by Crippen LogP contribution is -2.30. The maximum Gasteiger partial charge on any atom is 0.252 e. The fourth-order valence-electron chi connectivity index (χ4n) is 1.36. The topological polar surface area (TPSA) is 78.0 Å². The second-order valence-corrected chi connectivity index (χ2v) is 4.11. The molecule has 5 nitrogen and oxygen atoms in total. The van der Waals surface area contributed by atoms with Gasteiger partial charge in [-0.1, -0.05) is 20.8 Å². The van der Waals surface area contributed by atoms with Crippen LogP contribution in [-0.4, -0.2) is 27.7 Å². The van der Waals surface area contributed by atoms with Crippen LogP contribution in [-0.2, 0) is 6.42 Å². The molecule has 16 heavy (non-hydrogen) atoms. The second-order valence-electron chi connectivity index (χ2n) is 4.11. The molecule has 0 amide bonds. The van der Waals surface area contributed by atoms with Crippen molar-refractivity contribution in [2.24, 2.45) is 5.92 Å². The quantitative estimate of drug-likeness (QED) is 0.691. The number of rotatable bonds is 5. The van der Waals surface area contributed by atoms with Crippen LogP contribution in [0.15, 0.2) is 10.9 Å². The van der Waals surface area contributed by atoms with Crippen molar-refractivity contribution < 1.29 is 5.11 Å². The highest BCUT2D eigenvalue weighted by atomic mass is 16.3. The van der Waals surface area contributed by atoms with E-state index in [1.165, 1.54) is 6.07 Å². The fourth-order valence-corrected chi connectivity index (χ4v) is 1.36. The van der Waals surface area contributed by atoms with Gasteiger partial charge in [0.25, 0.3) is 5.56 Å². The molecule has 0 saturated heterocycles. The summed E-state index contributed by atoms with van der Waals surface area (Å²) in [5, 5.41) is 12.2. The summed E-state index contributed by atoms with van der Waals surface area (Å²) in [6.45, 7) is 5.95. The lowest BCUT2D eigenvalue weighted by Gasteiger charge is -2.20. The molecule has 1 aromatic rings. The average Bonchev–Trinajstić information content (AvgIpc) is 2.24. The summed E-state index contributed by atoms with van der Waals surface area (Å²) in [6.07, 6.45) is 0.677. The highest BCUT2D eigenvalue weighted by molar-refractivity contribution is 5.34. The summed E-state index contributed by atoms with van der Waals surface area (Å²) in [4.78, 5) is 18.2.